The first kappa shape index (κ1) is 21.5. The summed E-state index contributed by atoms with van der Waals surface area (Å²) in [6, 6.07) is 6.31. The van der Waals surface area contributed by atoms with E-state index in [0.717, 1.165) is 48.6 Å². The Morgan fingerprint density at radius 3 is 2.43 bits per heavy atom. The third-order valence-corrected chi connectivity index (χ3v) is 7.31. The second-order valence-electron chi connectivity index (χ2n) is 9.69. The molecule has 0 N–H and O–H groups in total. The van der Waals surface area contributed by atoms with Crippen LogP contribution in [0.15, 0.2) is 24.3 Å². The molecule has 2 fully saturated rings. The van der Waals surface area contributed by atoms with Crippen LogP contribution in [0.5, 0.6) is 0 Å². The SMILES string of the molecule is CCn1nc(Cc2ccc(F)c(F)c2)cc1C1CCN(CC2CC(C)CC2C)CC1. The van der Waals surface area contributed by atoms with Crippen molar-refractivity contribution in [1.82, 2.24) is 14.7 Å². The molecule has 2 aromatic rings. The van der Waals surface area contributed by atoms with Gasteiger partial charge in [-0.3, -0.25) is 4.68 Å². The zero-order chi connectivity index (χ0) is 21.3. The van der Waals surface area contributed by atoms with Crippen LogP contribution >= 0.6 is 0 Å². The molecule has 3 nitrogen and oxygen atoms in total. The molecule has 1 aromatic heterocycles. The van der Waals surface area contributed by atoms with E-state index in [1.165, 1.54) is 50.1 Å². The summed E-state index contributed by atoms with van der Waals surface area (Å²) in [6.07, 6.45) is 5.66. The monoisotopic (exact) mass is 415 g/mol. The highest BCUT2D eigenvalue weighted by Crippen LogP contribution is 2.37. The van der Waals surface area contributed by atoms with Crippen LogP contribution < -0.4 is 0 Å². The van der Waals surface area contributed by atoms with Crippen molar-refractivity contribution < 1.29 is 8.78 Å². The lowest BCUT2D eigenvalue weighted by Crippen LogP contribution is -2.37. The Kier molecular flexibility index (Phi) is 6.57. The van der Waals surface area contributed by atoms with Gasteiger partial charge in [0, 0.05) is 31.1 Å². The van der Waals surface area contributed by atoms with E-state index < -0.39 is 11.6 Å². The summed E-state index contributed by atoms with van der Waals surface area (Å²) in [7, 11) is 0. The predicted molar refractivity (Wildman–Crippen MR) is 117 cm³/mol. The van der Waals surface area contributed by atoms with Gasteiger partial charge in [-0.2, -0.15) is 5.10 Å². The summed E-state index contributed by atoms with van der Waals surface area (Å²) < 4.78 is 28.9. The molecule has 4 rings (SSSR count). The maximum atomic E-state index is 13.5. The lowest BCUT2D eigenvalue weighted by molar-refractivity contribution is 0.166. The molecule has 3 unspecified atom stereocenters. The predicted octanol–water partition coefficient (Wildman–Crippen LogP) is 5.63. The van der Waals surface area contributed by atoms with Crippen molar-refractivity contribution >= 4 is 0 Å². The highest BCUT2D eigenvalue weighted by atomic mass is 19.2. The van der Waals surface area contributed by atoms with Gasteiger partial charge in [0.15, 0.2) is 11.6 Å². The Morgan fingerprint density at radius 1 is 1.03 bits per heavy atom. The smallest absolute Gasteiger partial charge is 0.159 e. The lowest BCUT2D eigenvalue weighted by atomic mass is 9.91. The molecule has 1 aromatic carbocycles. The fourth-order valence-corrected chi connectivity index (χ4v) is 5.68. The van der Waals surface area contributed by atoms with E-state index in [1.54, 1.807) is 6.07 Å². The summed E-state index contributed by atoms with van der Waals surface area (Å²) in [5, 5.41) is 4.76. The van der Waals surface area contributed by atoms with Crippen LogP contribution in [-0.2, 0) is 13.0 Å². The average Bonchev–Trinajstić information content (AvgIpc) is 3.27. The second-order valence-corrected chi connectivity index (χ2v) is 9.69. The van der Waals surface area contributed by atoms with E-state index in [-0.39, 0.29) is 0 Å². The van der Waals surface area contributed by atoms with Crippen LogP contribution in [0, 0.1) is 29.4 Å². The molecule has 1 aliphatic carbocycles. The summed E-state index contributed by atoms with van der Waals surface area (Å²) in [5.74, 6) is 1.55. The van der Waals surface area contributed by atoms with Crippen molar-refractivity contribution in [3.63, 3.8) is 0 Å². The number of aromatic nitrogens is 2. The topological polar surface area (TPSA) is 21.1 Å². The van der Waals surface area contributed by atoms with E-state index in [9.17, 15) is 8.78 Å². The average molecular weight is 416 g/mol. The number of piperidine rings is 1. The molecule has 0 spiro atoms. The molecular formula is C25H35F2N3. The van der Waals surface area contributed by atoms with Crippen molar-refractivity contribution in [2.75, 3.05) is 19.6 Å². The minimum absolute atomic E-state index is 0.535. The number of hydrogen-bond donors (Lipinski definition) is 0. The van der Waals surface area contributed by atoms with Gasteiger partial charge >= 0.3 is 0 Å². The normalized spacial score (nSPS) is 25.8. The summed E-state index contributed by atoms with van der Waals surface area (Å²) in [5.41, 5.74) is 3.00. The fourth-order valence-electron chi connectivity index (χ4n) is 5.68. The Balaban J connectivity index is 1.38. The highest BCUT2D eigenvalue weighted by molar-refractivity contribution is 5.25. The van der Waals surface area contributed by atoms with Gasteiger partial charge in [-0.25, -0.2) is 8.78 Å². The molecule has 2 aliphatic rings. The highest BCUT2D eigenvalue weighted by Gasteiger charge is 2.32. The third kappa shape index (κ3) is 4.77. The Labute approximate surface area is 179 Å². The first-order valence-electron chi connectivity index (χ1n) is 11.7. The zero-order valence-electron chi connectivity index (χ0n) is 18.6. The van der Waals surface area contributed by atoms with Crippen LogP contribution in [0.25, 0.3) is 0 Å². The Morgan fingerprint density at radius 2 is 1.80 bits per heavy atom. The van der Waals surface area contributed by atoms with Gasteiger partial charge in [0.25, 0.3) is 0 Å². The van der Waals surface area contributed by atoms with E-state index in [0.29, 0.717) is 12.3 Å². The second kappa shape index (κ2) is 9.17. The Hall–Kier alpha value is -1.75. The van der Waals surface area contributed by atoms with Crippen LogP contribution in [-0.4, -0.2) is 34.3 Å². The quantitative estimate of drug-likeness (QED) is 0.609. The molecule has 0 amide bonds. The third-order valence-electron chi connectivity index (χ3n) is 7.31. The molecule has 0 bridgehead atoms. The van der Waals surface area contributed by atoms with Crippen molar-refractivity contribution in [1.29, 1.82) is 0 Å². The van der Waals surface area contributed by atoms with Gasteiger partial charge in [-0.15, -0.1) is 0 Å². The summed E-state index contributed by atoms with van der Waals surface area (Å²) in [6.45, 7) is 11.4. The number of nitrogens with zero attached hydrogens (tertiary/aromatic N) is 3. The van der Waals surface area contributed by atoms with Gasteiger partial charge in [0.1, 0.15) is 0 Å². The number of aryl methyl sites for hydroxylation is 1. The molecule has 5 heteroatoms. The molecule has 30 heavy (non-hydrogen) atoms. The van der Waals surface area contributed by atoms with E-state index in [1.807, 2.05) is 0 Å². The van der Waals surface area contributed by atoms with Gasteiger partial charge in [0.2, 0.25) is 0 Å². The summed E-state index contributed by atoms with van der Waals surface area (Å²) in [4.78, 5) is 2.67. The Bertz CT molecular complexity index is 854. The first-order valence-corrected chi connectivity index (χ1v) is 11.7. The molecule has 1 saturated carbocycles. The standard InChI is InChI=1S/C25H35F2N3/c1-4-30-25(15-22(28-30)13-19-5-6-23(26)24(27)14-19)20-7-9-29(10-8-20)16-21-12-17(2)11-18(21)3/h5-6,14-15,17-18,20-21H,4,7-13,16H2,1-3H3. The largest absolute Gasteiger partial charge is 0.303 e. The molecule has 3 atom stereocenters. The number of likely N-dealkylation sites (tertiary alicyclic amines) is 1. The maximum absolute atomic E-state index is 13.5. The number of hydrogen-bond acceptors (Lipinski definition) is 2. The van der Waals surface area contributed by atoms with Gasteiger partial charge in [0.05, 0.1) is 5.69 Å². The van der Waals surface area contributed by atoms with E-state index in [4.69, 9.17) is 5.10 Å². The molecule has 1 aliphatic heterocycles. The van der Waals surface area contributed by atoms with Crippen LogP contribution in [0.4, 0.5) is 8.78 Å². The minimum Gasteiger partial charge on any atom is -0.303 e. The van der Waals surface area contributed by atoms with Gasteiger partial charge in [-0.1, -0.05) is 19.9 Å². The molecule has 0 radical (unpaired) electrons. The molecular weight excluding hydrogens is 380 g/mol. The van der Waals surface area contributed by atoms with Crippen molar-refractivity contribution in [2.45, 2.75) is 65.3 Å². The minimum atomic E-state index is -0.799. The lowest BCUT2D eigenvalue weighted by Gasteiger charge is -2.34. The van der Waals surface area contributed by atoms with Crippen molar-refractivity contribution in [3.05, 3.63) is 52.9 Å². The van der Waals surface area contributed by atoms with Crippen LogP contribution in [0.3, 0.4) is 0 Å². The van der Waals surface area contributed by atoms with Gasteiger partial charge in [-0.05, 0) is 87.2 Å². The summed E-state index contributed by atoms with van der Waals surface area (Å²) >= 11 is 0. The molecule has 1 saturated heterocycles. The first-order chi connectivity index (χ1) is 14.4. The van der Waals surface area contributed by atoms with Crippen molar-refractivity contribution in [3.8, 4) is 0 Å². The maximum Gasteiger partial charge on any atom is 0.159 e. The number of rotatable bonds is 6. The number of halogens is 2. The van der Waals surface area contributed by atoms with Crippen LogP contribution in [0.2, 0.25) is 0 Å². The van der Waals surface area contributed by atoms with Gasteiger partial charge < -0.3 is 4.90 Å². The zero-order valence-corrected chi connectivity index (χ0v) is 18.6. The van der Waals surface area contributed by atoms with E-state index in [2.05, 4.69) is 36.4 Å². The molecule has 164 valence electrons. The van der Waals surface area contributed by atoms with Crippen LogP contribution in [0.1, 0.15) is 69.3 Å². The van der Waals surface area contributed by atoms with E-state index >= 15 is 0 Å². The fraction of sp³-hybridized carbons (Fsp3) is 0.640. The molecule has 2 heterocycles. The van der Waals surface area contributed by atoms with Crippen molar-refractivity contribution in [2.24, 2.45) is 17.8 Å². The number of benzene rings is 1.